The molecule has 17 heavy (non-hydrogen) atoms. The second-order valence-electron chi connectivity index (χ2n) is 5.53. The molecule has 0 radical (unpaired) electrons. The highest BCUT2D eigenvalue weighted by Gasteiger charge is 2.39. The normalized spacial score (nSPS) is 27.5. The van der Waals surface area contributed by atoms with Crippen molar-refractivity contribution in [2.75, 3.05) is 19.6 Å². The molecule has 0 aromatic heterocycles. The average Bonchev–Trinajstić information content (AvgIpc) is 2.90. The summed E-state index contributed by atoms with van der Waals surface area (Å²) in [5, 5.41) is 3.40. The first-order chi connectivity index (χ1) is 8.33. The van der Waals surface area contributed by atoms with Crippen LogP contribution >= 0.6 is 0 Å². The smallest absolute Gasteiger partial charge is 0.222 e. The van der Waals surface area contributed by atoms with Crippen molar-refractivity contribution in [1.29, 1.82) is 0 Å². The van der Waals surface area contributed by atoms with E-state index in [1.54, 1.807) is 0 Å². The van der Waals surface area contributed by atoms with E-state index in [2.05, 4.69) is 17.1 Å². The van der Waals surface area contributed by atoms with Crippen LogP contribution in [0.2, 0.25) is 0 Å². The fourth-order valence-electron chi connectivity index (χ4n) is 3.18. The highest BCUT2D eigenvalue weighted by Crippen LogP contribution is 2.27. The summed E-state index contributed by atoms with van der Waals surface area (Å²) in [6.45, 7) is 5.37. The van der Waals surface area contributed by atoms with E-state index in [1.165, 1.54) is 32.1 Å². The van der Waals surface area contributed by atoms with Crippen LogP contribution in [0.4, 0.5) is 0 Å². The van der Waals surface area contributed by atoms with Crippen molar-refractivity contribution in [1.82, 2.24) is 10.2 Å². The topological polar surface area (TPSA) is 32.3 Å². The highest BCUT2D eigenvalue weighted by molar-refractivity contribution is 5.77. The van der Waals surface area contributed by atoms with Gasteiger partial charge < -0.3 is 10.2 Å². The van der Waals surface area contributed by atoms with E-state index in [0.29, 0.717) is 11.9 Å². The Labute approximate surface area is 105 Å². The van der Waals surface area contributed by atoms with Gasteiger partial charge in [-0.05, 0) is 18.8 Å². The molecule has 3 heteroatoms. The highest BCUT2D eigenvalue weighted by atomic mass is 16.2. The molecule has 2 atom stereocenters. The third-order valence-electron chi connectivity index (χ3n) is 4.26. The van der Waals surface area contributed by atoms with Crippen LogP contribution in [-0.2, 0) is 4.79 Å². The Hall–Kier alpha value is -0.570. The van der Waals surface area contributed by atoms with Crippen molar-refractivity contribution in [3.8, 4) is 0 Å². The Kier molecular flexibility index (Phi) is 4.84. The lowest BCUT2D eigenvalue weighted by Gasteiger charge is -2.23. The van der Waals surface area contributed by atoms with Gasteiger partial charge in [0.2, 0.25) is 5.91 Å². The standard InChI is InChI=1S/C14H26N2O/c1-2-3-4-5-6-7-14(17)16-9-8-12-10-15-11-13(12)16/h12-13,15H,2-11H2,1H3/t12-,13+/m1/s1. The molecule has 0 aliphatic carbocycles. The monoisotopic (exact) mass is 238 g/mol. The molecule has 0 aromatic carbocycles. The molecular weight excluding hydrogens is 212 g/mol. The fourth-order valence-corrected chi connectivity index (χ4v) is 3.18. The summed E-state index contributed by atoms with van der Waals surface area (Å²) < 4.78 is 0. The van der Waals surface area contributed by atoms with E-state index in [4.69, 9.17) is 0 Å². The molecule has 1 amide bonds. The van der Waals surface area contributed by atoms with Gasteiger partial charge in [0.1, 0.15) is 0 Å². The Bertz CT molecular complexity index is 255. The van der Waals surface area contributed by atoms with E-state index < -0.39 is 0 Å². The number of fused-ring (bicyclic) bond motifs is 1. The summed E-state index contributed by atoms with van der Waals surface area (Å²) in [6, 6.07) is 0.512. The van der Waals surface area contributed by atoms with E-state index >= 15 is 0 Å². The molecule has 0 spiro atoms. The molecular formula is C14H26N2O. The van der Waals surface area contributed by atoms with Crippen LogP contribution in [0.1, 0.15) is 51.9 Å². The second kappa shape index (κ2) is 6.39. The zero-order valence-corrected chi connectivity index (χ0v) is 11.1. The first-order valence-corrected chi connectivity index (χ1v) is 7.33. The Balaban J connectivity index is 1.66. The van der Waals surface area contributed by atoms with Gasteiger partial charge in [-0.25, -0.2) is 0 Å². The SMILES string of the molecule is CCCCCCCC(=O)N1CC[C@@H]2CNC[C@@H]21. The first-order valence-electron chi connectivity index (χ1n) is 7.33. The molecule has 2 saturated heterocycles. The summed E-state index contributed by atoms with van der Waals surface area (Å²) in [5.74, 6) is 1.14. The van der Waals surface area contributed by atoms with Crippen LogP contribution < -0.4 is 5.32 Å². The summed E-state index contributed by atoms with van der Waals surface area (Å²) in [4.78, 5) is 14.3. The molecule has 0 aromatic rings. The Morgan fingerprint density at radius 1 is 1.24 bits per heavy atom. The van der Waals surface area contributed by atoms with Crippen LogP contribution in [0.25, 0.3) is 0 Å². The molecule has 2 heterocycles. The first kappa shape index (κ1) is 12.9. The van der Waals surface area contributed by atoms with Crippen molar-refractivity contribution in [3.05, 3.63) is 0 Å². The lowest BCUT2D eigenvalue weighted by atomic mass is 10.0. The van der Waals surface area contributed by atoms with Gasteiger partial charge in [0.15, 0.2) is 0 Å². The maximum Gasteiger partial charge on any atom is 0.222 e. The van der Waals surface area contributed by atoms with Crippen molar-refractivity contribution in [2.45, 2.75) is 57.9 Å². The fraction of sp³-hybridized carbons (Fsp3) is 0.929. The van der Waals surface area contributed by atoms with E-state index in [9.17, 15) is 4.79 Å². The quantitative estimate of drug-likeness (QED) is 0.719. The predicted octanol–water partition coefficient (Wildman–Crippen LogP) is 2.17. The molecule has 2 fully saturated rings. The number of hydrogen-bond donors (Lipinski definition) is 1. The molecule has 2 aliphatic heterocycles. The number of likely N-dealkylation sites (tertiary alicyclic amines) is 1. The van der Waals surface area contributed by atoms with Gasteiger partial charge in [-0.3, -0.25) is 4.79 Å². The number of rotatable bonds is 6. The third kappa shape index (κ3) is 3.21. The summed E-state index contributed by atoms with van der Waals surface area (Å²) >= 11 is 0. The number of carbonyl (C=O) groups excluding carboxylic acids is 1. The summed E-state index contributed by atoms with van der Waals surface area (Å²) in [7, 11) is 0. The van der Waals surface area contributed by atoms with Crippen LogP contribution in [-0.4, -0.2) is 36.5 Å². The zero-order valence-electron chi connectivity index (χ0n) is 11.1. The summed E-state index contributed by atoms with van der Waals surface area (Å²) in [5.41, 5.74) is 0. The van der Waals surface area contributed by atoms with Crippen LogP contribution in [0, 0.1) is 5.92 Å². The van der Waals surface area contributed by atoms with Gasteiger partial charge in [-0.1, -0.05) is 32.6 Å². The third-order valence-corrected chi connectivity index (χ3v) is 4.26. The van der Waals surface area contributed by atoms with E-state index in [-0.39, 0.29) is 0 Å². The van der Waals surface area contributed by atoms with Gasteiger partial charge in [0.05, 0.1) is 0 Å². The molecule has 0 bridgehead atoms. The number of amides is 1. The molecule has 0 unspecified atom stereocenters. The number of unbranched alkanes of at least 4 members (excludes halogenated alkanes) is 4. The lowest BCUT2D eigenvalue weighted by molar-refractivity contribution is -0.132. The maximum absolute atomic E-state index is 12.1. The van der Waals surface area contributed by atoms with Crippen LogP contribution in [0.5, 0.6) is 0 Å². The van der Waals surface area contributed by atoms with Crippen molar-refractivity contribution in [2.24, 2.45) is 5.92 Å². The molecule has 2 rings (SSSR count). The second-order valence-corrected chi connectivity index (χ2v) is 5.53. The number of nitrogens with zero attached hydrogens (tertiary/aromatic N) is 1. The van der Waals surface area contributed by atoms with Gasteiger partial charge >= 0.3 is 0 Å². The van der Waals surface area contributed by atoms with E-state index in [0.717, 1.165) is 38.4 Å². The predicted molar refractivity (Wildman–Crippen MR) is 69.9 cm³/mol. The van der Waals surface area contributed by atoms with Crippen molar-refractivity contribution < 1.29 is 4.79 Å². The maximum atomic E-state index is 12.1. The van der Waals surface area contributed by atoms with Gasteiger partial charge in [0, 0.05) is 32.1 Å². The van der Waals surface area contributed by atoms with Crippen molar-refractivity contribution >= 4 is 5.91 Å². The Morgan fingerprint density at radius 3 is 2.88 bits per heavy atom. The number of hydrogen-bond acceptors (Lipinski definition) is 2. The molecule has 2 aliphatic rings. The minimum absolute atomic E-state index is 0.401. The summed E-state index contributed by atoms with van der Waals surface area (Å²) in [6.07, 6.45) is 8.16. The van der Waals surface area contributed by atoms with Gasteiger partial charge in [-0.15, -0.1) is 0 Å². The molecule has 98 valence electrons. The van der Waals surface area contributed by atoms with Crippen molar-refractivity contribution in [3.63, 3.8) is 0 Å². The minimum Gasteiger partial charge on any atom is -0.338 e. The zero-order chi connectivity index (χ0) is 12.1. The van der Waals surface area contributed by atoms with Crippen LogP contribution in [0.3, 0.4) is 0 Å². The molecule has 3 nitrogen and oxygen atoms in total. The van der Waals surface area contributed by atoms with Crippen LogP contribution in [0.15, 0.2) is 0 Å². The van der Waals surface area contributed by atoms with E-state index in [1.807, 2.05) is 0 Å². The molecule has 1 N–H and O–H groups in total. The molecule has 0 saturated carbocycles. The lowest BCUT2D eigenvalue weighted by Crippen LogP contribution is -2.38. The minimum atomic E-state index is 0.401. The number of carbonyl (C=O) groups is 1. The largest absolute Gasteiger partial charge is 0.338 e. The average molecular weight is 238 g/mol. The van der Waals surface area contributed by atoms with Gasteiger partial charge in [0.25, 0.3) is 0 Å². The number of nitrogens with one attached hydrogen (secondary N) is 1. The Morgan fingerprint density at radius 2 is 2.06 bits per heavy atom. The van der Waals surface area contributed by atoms with Gasteiger partial charge in [-0.2, -0.15) is 0 Å².